The Labute approximate surface area is 143 Å². The third kappa shape index (κ3) is 4.39. The van der Waals surface area contributed by atoms with Crippen LogP contribution in [0, 0.1) is 0 Å². The number of aliphatic hydroxyl groups excluding tert-OH is 1. The van der Waals surface area contributed by atoms with Gasteiger partial charge in [-0.15, -0.1) is 0 Å². The van der Waals surface area contributed by atoms with Gasteiger partial charge in [-0.2, -0.15) is 13.2 Å². The van der Waals surface area contributed by atoms with Crippen molar-refractivity contribution in [1.82, 2.24) is 9.80 Å². The number of likely N-dealkylation sites (tertiary alicyclic amines) is 1. The number of likely N-dealkylation sites (N-methyl/N-ethyl adjacent to an activating group) is 1. The first-order chi connectivity index (χ1) is 11.6. The molecule has 0 saturated carbocycles. The Bertz CT molecular complexity index is 658. The predicted octanol–water partition coefficient (Wildman–Crippen LogP) is 1.98. The molecule has 0 aromatic heterocycles. The number of carbonyl (C=O) groups excluding carboxylic acids is 2. The Hall–Kier alpha value is -2.35. The molecule has 136 valence electrons. The van der Waals surface area contributed by atoms with Crippen molar-refractivity contribution in [3.8, 4) is 0 Å². The number of carbonyl (C=O) groups is 2. The van der Waals surface area contributed by atoms with E-state index in [1.54, 1.807) is 0 Å². The minimum Gasteiger partial charge on any atom is -0.391 e. The van der Waals surface area contributed by atoms with E-state index in [0.717, 1.165) is 18.2 Å². The normalized spacial score (nSPS) is 20.4. The lowest BCUT2D eigenvalue weighted by atomic mass is 10.0. The van der Waals surface area contributed by atoms with Crippen LogP contribution in [0.5, 0.6) is 0 Å². The van der Waals surface area contributed by atoms with Crippen LogP contribution in [0.2, 0.25) is 0 Å². The van der Waals surface area contributed by atoms with Crippen LogP contribution in [-0.4, -0.2) is 53.0 Å². The van der Waals surface area contributed by atoms with Crippen molar-refractivity contribution >= 4 is 11.8 Å². The molecule has 1 heterocycles. The van der Waals surface area contributed by atoms with Crippen molar-refractivity contribution in [3.63, 3.8) is 0 Å². The maximum atomic E-state index is 12.7. The standard InChI is InChI=1S/C17H19F3N2O3/c1-3-15(24)21(2)10-16(25)22-9-13(23)8-14(22)11-4-6-12(7-5-11)17(18,19)20/h3-7,13-14,23H,1,8-10H2,2H3/t13-,14+/m0/s1. The summed E-state index contributed by atoms with van der Waals surface area (Å²) in [5.74, 6) is -0.807. The number of rotatable bonds is 4. The van der Waals surface area contributed by atoms with E-state index in [2.05, 4.69) is 6.58 Å². The highest BCUT2D eigenvalue weighted by Gasteiger charge is 2.36. The van der Waals surface area contributed by atoms with Gasteiger partial charge in [0.25, 0.3) is 0 Å². The lowest BCUT2D eigenvalue weighted by Gasteiger charge is -2.27. The number of aliphatic hydroxyl groups is 1. The summed E-state index contributed by atoms with van der Waals surface area (Å²) >= 11 is 0. The topological polar surface area (TPSA) is 60.9 Å². The molecule has 0 bridgehead atoms. The monoisotopic (exact) mass is 356 g/mol. The summed E-state index contributed by atoms with van der Waals surface area (Å²) in [4.78, 5) is 26.5. The smallest absolute Gasteiger partial charge is 0.391 e. The zero-order valence-corrected chi connectivity index (χ0v) is 13.7. The number of halogens is 3. The van der Waals surface area contributed by atoms with Crippen molar-refractivity contribution < 1.29 is 27.9 Å². The largest absolute Gasteiger partial charge is 0.416 e. The molecule has 1 aromatic rings. The van der Waals surface area contributed by atoms with Crippen LogP contribution in [0.3, 0.4) is 0 Å². The molecule has 0 radical (unpaired) electrons. The van der Waals surface area contributed by atoms with Crippen molar-refractivity contribution in [2.45, 2.75) is 24.7 Å². The molecule has 1 N–H and O–H groups in total. The van der Waals surface area contributed by atoms with Crippen LogP contribution in [0.1, 0.15) is 23.6 Å². The van der Waals surface area contributed by atoms with Gasteiger partial charge in [0.15, 0.2) is 0 Å². The lowest BCUT2D eigenvalue weighted by molar-refractivity contribution is -0.138. The predicted molar refractivity (Wildman–Crippen MR) is 84.4 cm³/mol. The summed E-state index contributed by atoms with van der Waals surface area (Å²) in [6.07, 6.45) is -3.89. The van der Waals surface area contributed by atoms with Gasteiger partial charge in [0.05, 0.1) is 24.3 Å². The molecule has 5 nitrogen and oxygen atoms in total. The zero-order chi connectivity index (χ0) is 18.8. The zero-order valence-electron chi connectivity index (χ0n) is 13.7. The molecule has 1 aliphatic rings. The van der Waals surface area contributed by atoms with Crippen LogP contribution >= 0.6 is 0 Å². The molecule has 0 unspecified atom stereocenters. The molecule has 1 saturated heterocycles. The van der Waals surface area contributed by atoms with Crippen molar-refractivity contribution in [1.29, 1.82) is 0 Å². The highest BCUT2D eigenvalue weighted by molar-refractivity contribution is 5.90. The molecule has 25 heavy (non-hydrogen) atoms. The minimum atomic E-state index is -4.43. The Morgan fingerprint density at radius 2 is 1.96 bits per heavy atom. The van der Waals surface area contributed by atoms with Crippen molar-refractivity contribution in [3.05, 3.63) is 48.0 Å². The molecule has 1 fully saturated rings. The molecule has 1 aromatic carbocycles. The van der Waals surface area contributed by atoms with E-state index < -0.39 is 29.8 Å². The summed E-state index contributed by atoms with van der Waals surface area (Å²) in [7, 11) is 1.45. The second kappa shape index (κ2) is 7.26. The van der Waals surface area contributed by atoms with Crippen molar-refractivity contribution in [2.75, 3.05) is 20.1 Å². The van der Waals surface area contributed by atoms with Crippen LogP contribution in [0.4, 0.5) is 13.2 Å². The van der Waals surface area contributed by atoms with Gasteiger partial charge >= 0.3 is 6.18 Å². The first kappa shape index (κ1) is 19.0. The van der Waals surface area contributed by atoms with E-state index in [1.165, 1.54) is 29.0 Å². The number of alkyl halides is 3. The molecule has 8 heteroatoms. The molecule has 2 amide bonds. The van der Waals surface area contributed by atoms with E-state index in [0.29, 0.717) is 5.56 Å². The second-order valence-corrected chi connectivity index (χ2v) is 5.97. The average Bonchev–Trinajstić information content (AvgIpc) is 2.95. The van der Waals surface area contributed by atoms with E-state index in [1.807, 2.05) is 0 Å². The molecular weight excluding hydrogens is 337 g/mol. The van der Waals surface area contributed by atoms with Gasteiger partial charge in [-0.3, -0.25) is 9.59 Å². The Balaban J connectivity index is 2.17. The number of nitrogens with zero attached hydrogens (tertiary/aromatic N) is 2. The number of hydrogen-bond donors (Lipinski definition) is 1. The fraction of sp³-hybridized carbons (Fsp3) is 0.412. The third-order valence-electron chi connectivity index (χ3n) is 4.15. The Morgan fingerprint density at radius 1 is 1.36 bits per heavy atom. The summed E-state index contributed by atoms with van der Waals surface area (Å²) in [5.41, 5.74) is -0.264. The number of β-amino-alcohol motifs (C(OH)–C–C–N with tert-alkyl or cyclic N) is 1. The summed E-state index contributed by atoms with van der Waals surface area (Å²) in [6.45, 7) is 3.21. The summed E-state index contributed by atoms with van der Waals surface area (Å²) in [6, 6.07) is 4.00. The van der Waals surface area contributed by atoms with Gasteiger partial charge in [-0.1, -0.05) is 18.7 Å². The minimum absolute atomic E-state index is 0.0701. The van der Waals surface area contributed by atoms with Gasteiger partial charge in [0, 0.05) is 13.6 Å². The fourth-order valence-electron chi connectivity index (χ4n) is 2.83. The summed E-state index contributed by atoms with van der Waals surface area (Å²) < 4.78 is 38.0. The van der Waals surface area contributed by atoms with E-state index in [9.17, 15) is 27.9 Å². The fourth-order valence-corrected chi connectivity index (χ4v) is 2.83. The van der Waals surface area contributed by atoms with Gasteiger partial charge < -0.3 is 14.9 Å². The molecular formula is C17H19F3N2O3. The highest BCUT2D eigenvalue weighted by Crippen LogP contribution is 2.35. The second-order valence-electron chi connectivity index (χ2n) is 5.97. The quantitative estimate of drug-likeness (QED) is 0.840. The Morgan fingerprint density at radius 3 is 2.48 bits per heavy atom. The van der Waals surface area contributed by atoms with Crippen LogP contribution in [0.25, 0.3) is 0 Å². The van der Waals surface area contributed by atoms with E-state index >= 15 is 0 Å². The van der Waals surface area contributed by atoms with Crippen molar-refractivity contribution in [2.24, 2.45) is 0 Å². The average molecular weight is 356 g/mol. The maximum Gasteiger partial charge on any atom is 0.416 e. The first-order valence-corrected chi connectivity index (χ1v) is 7.65. The SMILES string of the molecule is C=CC(=O)N(C)CC(=O)N1C[C@@H](O)C[C@@H]1c1ccc(C(F)(F)F)cc1. The van der Waals surface area contributed by atoms with E-state index in [4.69, 9.17) is 0 Å². The van der Waals surface area contributed by atoms with Gasteiger partial charge in [-0.05, 0) is 30.2 Å². The molecule has 2 atom stereocenters. The number of benzene rings is 1. The first-order valence-electron chi connectivity index (χ1n) is 7.65. The third-order valence-corrected chi connectivity index (χ3v) is 4.15. The molecule has 2 rings (SSSR count). The van der Waals surface area contributed by atoms with Crippen LogP contribution in [-0.2, 0) is 15.8 Å². The van der Waals surface area contributed by atoms with Crippen LogP contribution < -0.4 is 0 Å². The molecule has 1 aliphatic heterocycles. The lowest BCUT2D eigenvalue weighted by Crippen LogP contribution is -2.40. The maximum absolute atomic E-state index is 12.7. The Kier molecular flexibility index (Phi) is 5.52. The molecule has 0 aliphatic carbocycles. The number of amides is 2. The van der Waals surface area contributed by atoms with Gasteiger partial charge in [0.2, 0.25) is 11.8 Å². The summed E-state index contributed by atoms with van der Waals surface area (Å²) in [5, 5.41) is 9.88. The highest BCUT2D eigenvalue weighted by atomic mass is 19.4. The number of hydrogen-bond acceptors (Lipinski definition) is 3. The van der Waals surface area contributed by atoms with Gasteiger partial charge in [0.1, 0.15) is 0 Å². The molecule has 0 spiro atoms. The van der Waals surface area contributed by atoms with E-state index in [-0.39, 0.29) is 25.4 Å². The van der Waals surface area contributed by atoms with Gasteiger partial charge in [-0.25, -0.2) is 0 Å². The van der Waals surface area contributed by atoms with Crippen LogP contribution in [0.15, 0.2) is 36.9 Å².